The first kappa shape index (κ1) is 18.0. The Morgan fingerprint density at radius 2 is 1.57 bits per heavy atom. The quantitative estimate of drug-likeness (QED) is 0.447. The lowest BCUT2D eigenvalue weighted by atomic mass is 9.90. The monoisotopic (exact) mass is 380 g/mol. The van der Waals surface area contributed by atoms with Gasteiger partial charge in [-0.05, 0) is 23.3 Å². The molecule has 28 heavy (non-hydrogen) atoms. The van der Waals surface area contributed by atoms with E-state index in [1.807, 2.05) is 30.3 Å². The molecule has 0 aliphatic carbocycles. The second-order valence-electron chi connectivity index (χ2n) is 6.92. The van der Waals surface area contributed by atoms with Gasteiger partial charge in [0.15, 0.2) is 11.5 Å². The minimum absolute atomic E-state index is 0.0937. The summed E-state index contributed by atoms with van der Waals surface area (Å²) in [5, 5.41) is 50.6. The summed E-state index contributed by atoms with van der Waals surface area (Å²) >= 11 is 0. The van der Waals surface area contributed by atoms with Gasteiger partial charge < -0.3 is 30.3 Å². The number of ether oxygens (including phenoxy) is 1. The van der Waals surface area contributed by atoms with Crippen molar-refractivity contribution in [3.05, 3.63) is 76.9 Å². The summed E-state index contributed by atoms with van der Waals surface area (Å²) in [4.78, 5) is 0. The van der Waals surface area contributed by atoms with Crippen LogP contribution in [0.5, 0.6) is 28.7 Å². The molecule has 1 aliphatic heterocycles. The highest BCUT2D eigenvalue weighted by molar-refractivity contribution is 5.59. The standard InChI is InChI=1S/C22H20O6/c23-16-7-6-13(9-19(16)26)21-20(27)10-15-18(25)11-17(24)14(22(15)28-21)8-12-4-2-1-3-5-12/h1-7,9,11,20-21,23-27H,8,10H2. The van der Waals surface area contributed by atoms with Gasteiger partial charge in [0.1, 0.15) is 23.4 Å². The maximum absolute atomic E-state index is 10.6. The van der Waals surface area contributed by atoms with Crippen molar-refractivity contribution in [3.63, 3.8) is 0 Å². The summed E-state index contributed by atoms with van der Waals surface area (Å²) < 4.78 is 6.03. The van der Waals surface area contributed by atoms with Crippen molar-refractivity contribution in [2.75, 3.05) is 0 Å². The lowest BCUT2D eigenvalue weighted by molar-refractivity contribution is 0.0190. The van der Waals surface area contributed by atoms with Gasteiger partial charge in [-0.25, -0.2) is 0 Å². The van der Waals surface area contributed by atoms with Crippen LogP contribution in [0.15, 0.2) is 54.6 Å². The van der Waals surface area contributed by atoms with Crippen molar-refractivity contribution in [2.45, 2.75) is 25.0 Å². The van der Waals surface area contributed by atoms with Gasteiger partial charge in [-0.15, -0.1) is 0 Å². The molecule has 0 amide bonds. The van der Waals surface area contributed by atoms with Crippen LogP contribution < -0.4 is 4.74 Å². The van der Waals surface area contributed by atoms with Gasteiger partial charge in [0, 0.05) is 30.0 Å². The Morgan fingerprint density at radius 3 is 2.29 bits per heavy atom. The molecule has 2 unspecified atom stereocenters. The van der Waals surface area contributed by atoms with E-state index in [0.717, 1.165) is 5.56 Å². The smallest absolute Gasteiger partial charge is 0.157 e. The molecule has 0 bridgehead atoms. The summed E-state index contributed by atoms with van der Waals surface area (Å²) in [6, 6.07) is 15.0. The molecule has 144 valence electrons. The minimum Gasteiger partial charge on any atom is -0.507 e. The summed E-state index contributed by atoms with van der Waals surface area (Å²) in [6.45, 7) is 0. The molecule has 0 aromatic heterocycles. The van der Waals surface area contributed by atoms with Crippen LogP contribution in [0.4, 0.5) is 0 Å². The number of phenolic OH excluding ortho intramolecular Hbond substituents is 4. The van der Waals surface area contributed by atoms with Crippen LogP contribution in [0.2, 0.25) is 0 Å². The SMILES string of the molecule is Oc1ccc(C2Oc3c(Cc4ccccc4)c(O)cc(O)c3CC2O)cc1O. The van der Waals surface area contributed by atoms with Crippen molar-refractivity contribution in [1.82, 2.24) is 0 Å². The van der Waals surface area contributed by atoms with Gasteiger partial charge in [0.2, 0.25) is 0 Å². The molecular weight excluding hydrogens is 360 g/mol. The molecule has 4 rings (SSSR count). The van der Waals surface area contributed by atoms with Crippen LogP contribution in [0.25, 0.3) is 0 Å². The van der Waals surface area contributed by atoms with Crippen LogP contribution in [0.3, 0.4) is 0 Å². The first-order valence-electron chi connectivity index (χ1n) is 8.91. The van der Waals surface area contributed by atoms with E-state index in [2.05, 4.69) is 0 Å². The van der Waals surface area contributed by atoms with E-state index in [-0.39, 0.29) is 29.4 Å². The predicted molar refractivity (Wildman–Crippen MR) is 102 cm³/mol. The third-order valence-electron chi connectivity index (χ3n) is 5.00. The first-order chi connectivity index (χ1) is 13.4. The molecule has 2 atom stereocenters. The third-order valence-corrected chi connectivity index (χ3v) is 5.00. The van der Waals surface area contributed by atoms with Crippen molar-refractivity contribution >= 4 is 0 Å². The number of phenols is 4. The zero-order valence-electron chi connectivity index (χ0n) is 14.9. The van der Waals surface area contributed by atoms with E-state index in [1.165, 1.54) is 18.2 Å². The topological polar surface area (TPSA) is 110 Å². The number of hydrogen-bond acceptors (Lipinski definition) is 6. The molecule has 0 saturated carbocycles. The van der Waals surface area contributed by atoms with Crippen LogP contribution in [0.1, 0.15) is 28.4 Å². The summed E-state index contributed by atoms with van der Waals surface area (Å²) in [5.41, 5.74) is 2.37. The van der Waals surface area contributed by atoms with E-state index < -0.39 is 12.2 Å². The van der Waals surface area contributed by atoms with Gasteiger partial charge in [-0.1, -0.05) is 36.4 Å². The number of aromatic hydroxyl groups is 4. The lowest BCUT2D eigenvalue weighted by Gasteiger charge is -2.33. The number of hydrogen-bond donors (Lipinski definition) is 5. The molecule has 6 heteroatoms. The van der Waals surface area contributed by atoms with E-state index in [1.54, 1.807) is 6.07 Å². The molecule has 0 spiro atoms. The van der Waals surface area contributed by atoms with E-state index in [0.29, 0.717) is 28.9 Å². The molecule has 0 fully saturated rings. The van der Waals surface area contributed by atoms with Crippen molar-refractivity contribution in [1.29, 1.82) is 0 Å². The largest absolute Gasteiger partial charge is 0.507 e. The van der Waals surface area contributed by atoms with Crippen LogP contribution >= 0.6 is 0 Å². The average Bonchev–Trinajstić information content (AvgIpc) is 2.68. The lowest BCUT2D eigenvalue weighted by Crippen LogP contribution is -2.31. The van der Waals surface area contributed by atoms with Crippen LogP contribution in [0, 0.1) is 0 Å². The Morgan fingerprint density at radius 1 is 0.821 bits per heavy atom. The van der Waals surface area contributed by atoms with E-state index in [9.17, 15) is 25.5 Å². The first-order valence-corrected chi connectivity index (χ1v) is 8.91. The number of aliphatic hydroxyl groups is 1. The predicted octanol–water partition coefficient (Wildman–Crippen LogP) is 3.14. The second kappa shape index (κ2) is 6.98. The molecule has 1 aliphatic rings. The third kappa shape index (κ3) is 3.18. The Labute approximate surface area is 161 Å². The second-order valence-corrected chi connectivity index (χ2v) is 6.92. The summed E-state index contributed by atoms with van der Waals surface area (Å²) in [6.07, 6.45) is -1.29. The van der Waals surface area contributed by atoms with Crippen molar-refractivity contribution in [2.24, 2.45) is 0 Å². The van der Waals surface area contributed by atoms with Gasteiger partial charge in [0.25, 0.3) is 0 Å². The molecular formula is C22H20O6. The molecule has 0 radical (unpaired) electrons. The Kier molecular flexibility index (Phi) is 4.49. The zero-order chi connectivity index (χ0) is 19.8. The summed E-state index contributed by atoms with van der Waals surface area (Å²) in [7, 11) is 0. The zero-order valence-corrected chi connectivity index (χ0v) is 14.9. The van der Waals surface area contributed by atoms with Crippen molar-refractivity contribution in [3.8, 4) is 28.7 Å². The molecule has 3 aromatic carbocycles. The number of aliphatic hydroxyl groups excluding tert-OH is 1. The average molecular weight is 380 g/mol. The fourth-order valence-corrected chi connectivity index (χ4v) is 3.56. The van der Waals surface area contributed by atoms with E-state index in [4.69, 9.17) is 4.74 Å². The highest BCUT2D eigenvalue weighted by Gasteiger charge is 2.34. The summed E-state index contributed by atoms with van der Waals surface area (Å²) in [5.74, 6) is -0.500. The molecule has 0 saturated heterocycles. The fraction of sp³-hybridized carbons (Fsp3) is 0.182. The maximum Gasteiger partial charge on any atom is 0.157 e. The number of fused-ring (bicyclic) bond motifs is 1. The molecule has 5 N–H and O–H groups in total. The van der Waals surface area contributed by atoms with Gasteiger partial charge in [-0.3, -0.25) is 0 Å². The fourth-order valence-electron chi connectivity index (χ4n) is 3.56. The Hall–Kier alpha value is -3.38. The number of rotatable bonds is 3. The van der Waals surface area contributed by atoms with Crippen molar-refractivity contribution < 1.29 is 30.3 Å². The minimum atomic E-state index is -0.975. The number of benzene rings is 3. The highest BCUT2D eigenvalue weighted by Crippen LogP contribution is 2.46. The van der Waals surface area contributed by atoms with Crippen LogP contribution in [-0.2, 0) is 12.8 Å². The Balaban J connectivity index is 1.77. The molecule has 1 heterocycles. The van der Waals surface area contributed by atoms with Gasteiger partial charge >= 0.3 is 0 Å². The normalized spacial score (nSPS) is 18.3. The molecule has 6 nitrogen and oxygen atoms in total. The molecule has 3 aromatic rings. The van der Waals surface area contributed by atoms with Gasteiger partial charge in [-0.2, -0.15) is 0 Å². The highest BCUT2D eigenvalue weighted by atomic mass is 16.5. The Bertz CT molecular complexity index is 1020. The van der Waals surface area contributed by atoms with Crippen LogP contribution in [-0.4, -0.2) is 31.6 Å². The van der Waals surface area contributed by atoms with E-state index >= 15 is 0 Å². The van der Waals surface area contributed by atoms with Gasteiger partial charge in [0.05, 0.1) is 6.10 Å². The maximum atomic E-state index is 10.6.